The minimum atomic E-state index is 0.0110. The molecule has 4 rings (SSSR count). The van der Waals surface area contributed by atoms with Gasteiger partial charge in [0.2, 0.25) is 0 Å². The van der Waals surface area contributed by atoms with Gasteiger partial charge < -0.3 is 9.47 Å². The van der Waals surface area contributed by atoms with Crippen LogP contribution in [0.4, 0.5) is 0 Å². The van der Waals surface area contributed by atoms with Gasteiger partial charge in [0.1, 0.15) is 37.4 Å². The van der Waals surface area contributed by atoms with Gasteiger partial charge in [-0.15, -0.1) is 0 Å². The van der Waals surface area contributed by atoms with Crippen molar-refractivity contribution < 1.29 is 9.47 Å². The van der Waals surface area contributed by atoms with Gasteiger partial charge in [-0.1, -0.05) is 60.7 Å². The molecule has 29 heavy (non-hydrogen) atoms. The standard InChI is InChI=1S/C24H23N3O2/c1-19(27-18-25-17-26-27)22-12-23(28-15-20-8-4-2-5-9-20)14-24(13-22)29-16-21-10-6-3-7-11-21/h2-14,17-19H,15-16H2,1H3. The fraction of sp³-hybridized carbons (Fsp3) is 0.167. The first kappa shape index (κ1) is 18.7. The number of hydrogen-bond acceptors (Lipinski definition) is 4. The van der Waals surface area contributed by atoms with Crippen molar-refractivity contribution in [1.82, 2.24) is 14.8 Å². The predicted octanol–water partition coefficient (Wildman–Crippen LogP) is 5.05. The molecule has 0 saturated heterocycles. The van der Waals surface area contributed by atoms with Crippen molar-refractivity contribution >= 4 is 0 Å². The molecule has 4 aromatic rings. The Balaban J connectivity index is 1.56. The molecule has 5 heteroatoms. The average Bonchev–Trinajstić information content (AvgIpc) is 3.32. The molecule has 0 aliphatic heterocycles. The molecule has 0 N–H and O–H groups in total. The lowest BCUT2D eigenvalue weighted by Crippen LogP contribution is -2.08. The number of nitrogens with zero attached hydrogens (tertiary/aromatic N) is 3. The minimum Gasteiger partial charge on any atom is -0.489 e. The Labute approximate surface area is 170 Å². The zero-order chi connectivity index (χ0) is 19.9. The summed E-state index contributed by atoms with van der Waals surface area (Å²) in [6.07, 6.45) is 3.26. The SMILES string of the molecule is CC(c1cc(OCc2ccccc2)cc(OCc2ccccc2)c1)n1cncn1. The van der Waals surface area contributed by atoms with Crippen LogP contribution in [-0.4, -0.2) is 14.8 Å². The molecule has 0 saturated carbocycles. The van der Waals surface area contributed by atoms with Gasteiger partial charge >= 0.3 is 0 Å². The van der Waals surface area contributed by atoms with E-state index in [4.69, 9.17) is 9.47 Å². The van der Waals surface area contributed by atoms with Crippen LogP contribution in [0, 0.1) is 0 Å². The Morgan fingerprint density at radius 1 is 0.793 bits per heavy atom. The van der Waals surface area contributed by atoms with E-state index in [1.54, 1.807) is 12.7 Å². The fourth-order valence-corrected chi connectivity index (χ4v) is 3.05. The quantitative estimate of drug-likeness (QED) is 0.426. The van der Waals surface area contributed by atoms with Crippen LogP contribution in [0.25, 0.3) is 0 Å². The van der Waals surface area contributed by atoms with E-state index in [0.29, 0.717) is 13.2 Å². The van der Waals surface area contributed by atoms with Gasteiger partial charge in [-0.2, -0.15) is 5.10 Å². The average molecular weight is 385 g/mol. The lowest BCUT2D eigenvalue weighted by Gasteiger charge is -2.17. The molecule has 0 aliphatic carbocycles. The summed E-state index contributed by atoms with van der Waals surface area (Å²) in [6.45, 7) is 3.08. The van der Waals surface area contributed by atoms with E-state index in [9.17, 15) is 0 Å². The van der Waals surface area contributed by atoms with Crippen LogP contribution in [0.2, 0.25) is 0 Å². The maximum Gasteiger partial charge on any atom is 0.137 e. The molecule has 1 atom stereocenters. The molecule has 0 fully saturated rings. The molecular weight excluding hydrogens is 362 g/mol. The maximum absolute atomic E-state index is 6.07. The van der Waals surface area contributed by atoms with Crippen molar-refractivity contribution in [3.63, 3.8) is 0 Å². The van der Waals surface area contributed by atoms with Crippen molar-refractivity contribution in [3.8, 4) is 11.5 Å². The van der Waals surface area contributed by atoms with Crippen LogP contribution < -0.4 is 9.47 Å². The number of aromatic nitrogens is 3. The maximum atomic E-state index is 6.07. The van der Waals surface area contributed by atoms with Crippen molar-refractivity contribution in [2.75, 3.05) is 0 Å². The summed E-state index contributed by atoms with van der Waals surface area (Å²) in [5, 5.41) is 4.26. The minimum absolute atomic E-state index is 0.0110. The van der Waals surface area contributed by atoms with E-state index in [2.05, 4.69) is 41.3 Å². The summed E-state index contributed by atoms with van der Waals surface area (Å²) in [5.41, 5.74) is 3.28. The third-order valence-corrected chi connectivity index (χ3v) is 4.71. The predicted molar refractivity (Wildman–Crippen MR) is 112 cm³/mol. The zero-order valence-electron chi connectivity index (χ0n) is 16.3. The Hall–Kier alpha value is -3.60. The van der Waals surface area contributed by atoms with Crippen molar-refractivity contribution in [3.05, 3.63) is 108 Å². The Bertz CT molecular complexity index is 957. The monoisotopic (exact) mass is 385 g/mol. The van der Waals surface area contributed by atoms with E-state index in [-0.39, 0.29) is 6.04 Å². The normalized spacial score (nSPS) is 11.8. The molecule has 1 aromatic heterocycles. The third-order valence-electron chi connectivity index (χ3n) is 4.71. The van der Waals surface area contributed by atoms with Crippen molar-refractivity contribution in [2.24, 2.45) is 0 Å². The zero-order valence-corrected chi connectivity index (χ0v) is 16.3. The summed E-state index contributed by atoms with van der Waals surface area (Å²) in [6, 6.07) is 26.3. The Morgan fingerprint density at radius 2 is 1.34 bits per heavy atom. The summed E-state index contributed by atoms with van der Waals surface area (Å²) in [4.78, 5) is 4.05. The fourth-order valence-electron chi connectivity index (χ4n) is 3.05. The van der Waals surface area contributed by atoms with Crippen LogP contribution in [0.5, 0.6) is 11.5 Å². The van der Waals surface area contributed by atoms with Crippen molar-refractivity contribution in [2.45, 2.75) is 26.2 Å². The van der Waals surface area contributed by atoms with Crippen LogP contribution in [0.3, 0.4) is 0 Å². The first-order valence-electron chi connectivity index (χ1n) is 9.60. The van der Waals surface area contributed by atoms with Crippen LogP contribution in [0.15, 0.2) is 91.5 Å². The van der Waals surface area contributed by atoms with Gasteiger partial charge in [-0.3, -0.25) is 0 Å². The van der Waals surface area contributed by atoms with Gasteiger partial charge in [-0.25, -0.2) is 9.67 Å². The largest absolute Gasteiger partial charge is 0.489 e. The number of benzene rings is 3. The smallest absolute Gasteiger partial charge is 0.137 e. The first-order valence-corrected chi connectivity index (χ1v) is 9.60. The number of hydrogen-bond donors (Lipinski definition) is 0. The Morgan fingerprint density at radius 3 is 1.83 bits per heavy atom. The lowest BCUT2D eigenvalue weighted by atomic mass is 10.1. The van der Waals surface area contributed by atoms with E-state index in [0.717, 1.165) is 28.2 Å². The van der Waals surface area contributed by atoms with Gasteiger partial charge in [0.15, 0.2) is 0 Å². The van der Waals surface area contributed by atoms with Crippen molar-refractivity contribution in [1.29, 1.82) is 0 Å². The van der Waals surface area contributed by atoms with Gasteiger partial charge in [0, 0.05) is 6.07 Å². The summed E-state index contributed by atoms with van der Waals surface area (Å²) in [5.74, 6) is 1.53. The highest BCUT2D eigenvalue weighted by Crippen LogP contribution is 2.29. The van der Waals surface area contributed by atoms with E-state index in [1.165, 1.54) is 0 Å². The van der Waals surface area contributed by atoms with Crippen LogP contribution in [-0.2, 0) is 13.2 Å². The molecule has 0 aliphatic rings. The topological polar surface area (TPSA) is 49.2 Å². The number of rotatable bonds is 8. The highest BCUT2D eigenvalue weighted by molar-refractivity contribution is 5.40. The van der Waals surface area contributed by atoms with Gasteiger partial charge in [0.05, 0.1) is 6.04 Å². The molecule has 5 nitrogen and oxygen atoms in total. The Kier molecular flexibility index (Phi) is 5.86. The second kappa shape index (κ2) is 9.06. The second-order valence-corrected chi connectivity index (χ2v) is 6.84. The number of ether oxygens (including phenoxy) is 2. The summed E-state index contributed by atoms with van der Waals surface area (Å²) in [7, 11) is 0. The summed E-state index contributed by atoms with van der Waals surface area (Å²) < 4.78 is 14.0. The van der Waals surface area contributed by atoms with E-state index < -0.39 is 0 Å². The first-order chi connectivity index (χ1) is 14.3. The third kappa shape index (κ3) is 5.02. The molecular formula is C24H23N3O2. The molecule has 1 heterocycles. The molecule has 0 spiro atoms. The molecule has 146 valence electrons. The van der Waals surface area contributed by atoms with E-state index >= 15 is 0 Å². The van der Waals surface area contributed by atoms with Gasteiger partial charge in [-0.05, 0) is 35.7 Å². The molecule has 0 bridgehead atoms. The van der Waals surface area contributed by atoms with Crippen LogP contribution >= 0.6 is 0 Å². The highest BCUT2D eigenvalue weighted by atomic mass is 16.5. The van der Waals surface area contributed by atoms with Crippen LogP contribution in [0.1, 0.15) is 29.7 Å². The molecule has 0 radical (unpaired) electrons. The van der Waals surface area contributed by atoms with E-state index in [1.807, 2.05) is 59.3 Å². The summed E-state index contributed by atoms with van der Waals surface area (Å²) >= 11 is 0. The van der Waals surface area contributed by atoms with Gasteiger partial charge in [0.25, 0.3) is 0 Å². The lowest BCUT2D eigenvalue weighted by molar-refractivity contribution is 0.289. The molecule has 3 aromatic carbocycles. The molecule has 1 unspecified atom stereocenters. The highest BCUT2D eigenvalue weighted by Gasteiger charge is 2.12. The molecule has 0 amide bonds. The second-order valence-electron chi connectivity index (χ2n) is 6.84.